The molecule has 0 spiro atoms. The number of aromatic nitrogens is 1. The monoisotopic (exact) mass is 348 g/mol. The Hall–Kier alpha value is -3.08. The minimum atomic E-state index is -0.453. The molecule has 26 heavy (non-hydrogen) atoms. The number of carbonyl (C=O) groups excluding carboxylic acids is 2. The highest BCUT2D eigenvalue weighted by molar-refractivity contribution is 6.04. The van der Waals surface area contributed by atoms with Gasteiger partial charge in [0, 0.05) is 23.8 Å². The van der Waals surface area contributed by atoms with Gasteiger partial charge < -0.3 is 9.72 Å². The number of ether oxygens (including phenoxy) is 1. The molecule has 0 bridgehead atoms. The first-order valence-corrected chi connectivity index (χ1v) is 8.81. The van der Waals surface area contributed by atoms with E-state index in [9.17, 15) is 9.59 Å². The first kappa shape index (κ1) is 16.4. The van der Waals surface area contributed by atoms with Gasteiger partial charge in [0.1, 0.15) is 6.61 Å². The Bertz CT molecular complexity index is 933. The van der Waals surface area contributed by atoms with Gasteiger partial charge in [-0.05, 0) is 35.9 Å². The van der Waals surface area contributed by atoms with Gasteiger partial charge in [0.15, 0.2) is 5.78 Å². The van der Waals surface area contributed by atoms with Crippen LogP contribution in [-0.4, -0.2) is 34.3 Å². The smallest absolute Gasteiger partial charge is 0.410 e. The van der Waals surface area contributed by atoms with Crippen molar-refractivity contribution in [2.75, 3.05) is 6.54 Å². The molecule has 4 rings (SSSR count). The lowest BCUT2D eigenvalue weighted by Gasteiger charge is -2.23. The van der Waals surface area contributed by atoms with Crippen molar-refractivity contribution in [3.05, 3.63) is 71.9 Å². The second kappa shape index (κ2) is 7.04. The summed E-state index contributed by atoms with van der Waals surface area (Å²) >= 11 is 0. The van der Waals surface area contributed by atoms with Gasteiger partial charge in [-0.2, -0.15) is 0 Å². The fourth-order valence-corrected chi connectivity index (χ4v) is 3.45. The number of H-pyrrole nitrogens is 1. The number of benzene rings is 2. The lowest BCUT2D eigenvalue weighted by atomic mass is 10.0. The van der Waals surface area contributed by atoms with Gasteiger partial charge in [0.25, 0.3) is 0 Å². The molecule has 0 radical (unpaired) electrons. The molecule has 132 valence electrons. The number of likely N-dealkylation sites (tertiary alicyclic amines) is 1. The summed E-state index contributed by atoms with van der Waals surface area (Å²) in [6.45, 7) is 0.764. The van der Waals surface area contributed by atoms with Gasteiger partial charge in [-0.3, -0.25) is 9.69 Å². The molecular formula is C21H20N2O3. The van der Waals surface area contributed by atoms with Crippen molar-refractivity contribution in [3.8, 4) is 0 Å². The van der Waals surface area contributed by atoms with Crippen molar-refractivity contribution in [2.24, 2.45) is 0 Å². The van der Waals surface area contributed by atoms with Crippen molar-refractivity contribution in [3.63, 3.8) is 0 Å². The predicted octanol–water partition coefficient (Wildman–Crippen LogP) is 4.15. The zero-order chi connectivity index (χ0) is 17.9. The quantitative estimate of drug-likeness (QED) is 0.721. The Morgan fingerprint density at radius 1 is 1.12 bits per heavy atom. The van der Waals surface area contributed by atoms with Crippen LogP contribution < -0.4 is 0 Å². The third kappa shape index (κ3) is 3.20. The van der Waals surface area contributed by atoms with E-state index < -0.39 is 12.1 Å². The second-order valence-corrected chi connectivity index (χ2v) is 6.54. The maximum absolute atomic E-state index is 12.9. The topological polar surface area (TPSA) is 62.4 Å². The van der Waals surface area contributed by atoms with E-state index in [2.05, 4.69) is 4.98 Å². The van der Waals surface area contributed by atoms with Gasteiger partial charge in [0.05, 0.1) is 6.04 Å². The van der Waals surface area contributed by atoms with Crippen LogP contribution in [0.1, 0.15) is 28.8 Å². The highest BCUT2D eigenvalue weighted by Gasteiger charge is 2.35. The summed E-state index contributed by atoms with van der Waals surface area (Å²) in [5.41, 5.74) is 2.47. The van der Waals surface area contributed by atoms with Crippen LogP contribution in [0.5, 0.6) is 0 Å². The lowest BCUT2D eigenvalue weighted by molar-refractivity contribution is 0.0738. The second-order valence-electron chi connectivity index (χ2n) is 6.54. The predicted molar refractivity (Wildman–Crippen MR) is 99.0 cm³/mol. The molecule has 1 aliphatic heterocycles. The van der Waals surface area contributed by atoms with Crippen LogP contribution in [0, 0.1) is 0 Å². The Morgan fingerprint density at radius 3 is 2.81 bits per heavy atom. The van der Waals surface area contributed by atoms with Crippen molar-refractivity contribution in [1.82, 2.24) is 9.88 Å². The van der Waals surface area contributed by atoms with Crippen LogP contribution in [-0.2, 0) is 11.3 Å². The molecule has 5 nitrogen and oxygen atoms in total. The Kier molecular flexibility index (Phi) is 4.44. The first-order chi connectivity index (χ1) is 12.7. The molecule has 0 saturated carbocycles. The third-order valence-corrected chi connectivity index (χ3v) is 4.83. The molecule has 1 saturated heterocycles. The minimum absolute atomic E-state index is 0.0318. The van der Waals surface area contributed by atoms with E-state index >= 15 is 0 Å². The van der Waals surface area contributed by atoms with Gasteiger partial charge in [-0.1, -0.05) is 42.5 Å². The molecule has 2 aromatic carbocycles. The van der Waals surface area contributed by atoms with Gasteiger partial charge in [-0.15, -0.1) is 0 Å². The lowest BCUT2D eigenvalue weighted by Crippen LogP contribution is -2.40. The first-order valence-electron chi connectivity index (χ1n) is 8.81. The van der Waals surface area contributed by atoms with Crippen LogP contribution in [0.15, 0.2) is 60.8 Å². The molecule has 0 aliphatic carbocycles. The summed E-state index contributed by atoms with van der Waals surface area (Å²) in [7, 11) is 0. The average Bonchev–Trinajstić information content (AvgIpc) is 3.35. The van der Waals surface area contributed by atoms with Gasteiger partial charge in [0.2, 0.25) is 0 Å². The summed E-state index contributed by atoms with van der Waals surface area (Å²) in [6.07, 6.45) is 2.90. The Labute approximate surface area is 151 Å². The molecule has 1 amide bonds. The average molecular weight is 348 g/mol. The van der Waals surface area contributed by atoms with Crippen molar-refractivity contribution < 1.29 is 14.3 Å². The number of ketones is 1. The summed E-state index contributed by atoms with van der Waals surface area (Å²) in [5.74, 6) is -0.0318. The summed E-state index contributed by atoms with van der Waals surface area (Å²) in [6, 6.07) is 16.7. The van der Waals surface area contributed by atoms with Crippen molar-refractivity contribution >= 4 is 22.8 Å². The van der Waals surface area contributed by atoms with Crippen LogP contribution in [0.2, 0.25) is 0 Å². The van der Waals surface area contributed by atoms with Crippen molar-refractivity contribution in [2.45, 2.75) is 25.5 Å². The highest BCUT2D eigenvalue weighted by Crippen LogP contribution is 2.24. The number of amides is 1. The molecular weight excluding hydrogens is 328 g/mol. The molecule has 2 heterocycles. The Balaban J connectivity index is 1.46. The largest absolute Gasteiger partial charge is 0.445 e. The molecule has 5 heteroatoms. The summed E-state index contributed by atoms with van der Waals surface area (Å²) in [5, 5.41) is 1.06. The standard InChI is InChI=1S/C21H20N2O3/c24-20(17-9-8-16-10-11-22-18(16)13-17)19-7-4-12-23(19)21(25)26-14-15-5-2-1-3-6-15/h1-3,5-6,8-11,13,19,22H,4,7,12,14H2/t19-/m0/s1. The number of Topliss-reactive ketones (excluding diaryl/α,β-unsaturated/α-hetero) is 1. The van der Waals surface area contributed by atoms with E-state index in [4.69, 9.17) is 4.74 Å². The number of fused-ring (bicyclic) bond motifs is 1. The zero-order valence-electron chi connectivity index (χ0n) is 14.4. The molecule has 1 atom stereocenters. The number of aromatic amines is 1. The fraction of sp³-hybridized carbons (Fsp3) is 0.238. The van der Waals surface area contributed by atoms with Crippen LogP contribution in [0.3, 0.4) is 0 Å². The molecule has 1 aliphatic rings. The Morgan fingerprint density at radius 2 is 1.96 bits per heavy atom. The van der Waals surface area contributed by atoms with Crippen LogP contribution in [0.25, 0.3) is 10.9 Å². The molecule has 1 aromatic heterocycles. The molecule has 0 unspecified atom stereocenters. The van der Waals surface area contributed by atoms with E-state index in [1.165, 1.54) is 0 Å². The number of rotatable bonds is 4. The minimum Gasteiger partial charge on any atom is -0.445 e. The maximum Gasteiger partial charge on any atom is 0.410 e. The summed E-state index contributed by atoms with van der Waals surface area (Å²) < 4.78 is 5.41. The van der Waals surface area contributed by atoms with Gasteiger partial charge >= 0.3 is 6.09 Å². The van der Waals surface area contributed by atoms with E-state index in [-0.39, 0.29) is 12.4 Å². The third-order valence-electron chi connectivity index (χ3n) is 4.83. The van der Waals surface area contributed by atoms with Crippen LogP contribution >= 0.6 is 0 Å². The molecule has 1 fully saturated rings. The van der Waals surface area contributed by atoms with E-state index in [1.54, 1.807) is 4.90 Å². The number of nitrogens with one attached hydrogen (secondary N) is 1. The van der Waals surface area contributed by atoms with Crippen molar-refractivity contribution in [1.29, 1.82) is 0 Å². The number of hydrogen-bond acceptors (Lipinski definition) is 3. The summed E-state index contributed by atoms with van der Waals surface area (Å²) in [4.78, 5) is 30.1. The normalized spacial score (nSPS) is 16.8. The zero-order valence-corrected chi connectivity index (χ0v) is 14.4. The highest BCUT2D eigenvalue weighted by atomic mass is 16.6. The van der Waals surface area contributed by atoms with Gasteiger partial charge in [-0.25, -0.2) is 4.79 Å². The molecule has 3 aromatic rings. The SMILES string of the molecule is O=C(c1ccc2cc[nH]c2c1)[C@@H]1CCCN1C(=O)OCc1ccccc1. The van der Waals surface area contributed by atoms with Crippen LogP contribution in [0.4, 0.5) is 4.79 Å². The van der Waals surface area contributed by atoms with E-state index in [0.29, 0.717) is 18.5 Å². The fourth-order valence-electron chi connectivity index (χ4n) is 3.45. The van der Waals surface area contributed by atoms with E-state index in [0.717, 1.165) is 22.9 Å². The number of carbonyl (C=O) groups is 2. The number of nitrogens with zero attached hydrogens (tertiary/aromatic N) is 1. The number of hydrogen-bond donors (Lipinski definition) is 1. The maximum atomic E-state index is 12.9. The molecule has 1 N–H and O–H groups in total. The van der Waals surface area contributed by atoms with E-state index in [1.807, 2.05) is 60.8 Å².